The number of fused-ring (bicyclic) bond motifs is 3. The molecule has 3 rings (SSSR count). The van der Waals surface area contributed by atoms with Crippen LogP contribution in [0.4, 0.5) is 0 Å². The molecule has 1 heterocycles. The predicted octanol–water partition coefficient (Wildman–Crippen LogP) is 3.88. The molecule has 2 nitrogen and oxygen atoms in total. The second-order valence-corrected chi connectivity index (χ2v) is 7.09. The molecule has 3 aliphatic rings. The van der Waals surface area contributed by atoms with Gasteiger partial charge in [0.2, 0.25) is 0 Å². The summed E-state index contributed by atoms with van der Waals surface area (Å²) in [6.45, 7) is 15.2. The number of carbonyl (C=O) groups is 1. The summed E-state index contributed by atoms with van der Waals surface area (Å²) in [4.78, 5) is 12.0. The van der Waals surface area contributed by atoms with Crippen molar-refractivity contribution in [3.05, 3.63) is 24.3 Å². The van der Waals surface area contributed by atoms with Gasteiger partial charge in [0.05, 0.1) is 5.92 Å². The van der Waals surface area contributed by atoms with Crippen molar-refractivity contribution >= 4 is 5.97 Å². The Labute approximate surface area is 115 Å². The Balaban J connectivity index is 2.14. The van der Waals surface area contributed by atoms with E-state index in [-0.39, 0.29) is 28.8 Å². The monoisotopic (exact) mass is 260 g/mol. The van der Waals surface area contributed by atoms with Gasteiger partial charge in [-0.2, -0.15) is 0 Å². The normalized spacial score (nSPS) is 49.6. The van der Waals surface area contributed by atoms with Crippen molar-refractivity contribution in [1.82, 2.24) is 0 Å². The number of carbonyl (C=O) groups excluding carboxylic acids is 1. The minimum absolute atomic E-state index is 0.00532. The highest BCUT2D eigenvalue weighted by Crippen LogP contribution is 2.66. The van der Waals surface area contributed by atoms with Crippen molar-refractivity contribution in [3.63, 3.8) is 0 Å². The van der Waals surface area contributed by atoms with Crippen molar-refractivity contribution in [2.24, 2.45) is 22.7 Å². The van der Waals surface area contributed by atoms with Crippen LogP contribution in [0.1, 0.15) is 46.5 Å². The summed E-state index contributed by atoms with van der Waals surface area (Å²) in [6.07, 6.45) is 4.16. The molecule has 0 aromatic carbocycles. The minimum atomic E-state index is -0.133. The van der Waals surface area contributed by atoms with E-state index in [1.165, 1.54) is 11.1 Å². The van der Waals surface area contributed by atoms with Crippen LogP contribution >= 0.6 is 0 Å². The van der Waals surface area contributed by atoms with E-state index in [0.29, 0.717) is 5.92 Å². The molecular formula is C17H24O2. The van der Waals surface area contributed by atoms with Crippen LogP contribution in [-0.2, 0) is 9.53 Å². The maximum Gasteiger partial charge on any atom is 0.309 e. The van der Waals surface area contributed by atoms with Gasteiger partial charge >= 0.3 is 5.97 Å². The Morgan fingerprint density at radius 1 is 1.21 bits per heavy atom. The highest BCUT2D eigenvalue weighted by atomic mass is 16.6. The van der Waals surface area contributed by atoms with E-state index in [1.807, 2.05) is 6.92 Å². The van der Waals surface area contributed by atoms with Gasteiger partial charge in [-0.05, 0) is 25.7 Å². The van der Waals surface area contributed by atoms with Gasteiger partial charge in [-0.1, -0.05) is 45.1 Å². The lowest BCUT2D eigenvalue weighted by Crippen LogP contribution is -2.45. The van der Waals surface area contributed by atoms with Gasteiger partial charge in [-0.25, -0.2) is 0 Å². The van der Waals surface area contributed by atoms with Gasteiger partial charge in [-0.3, -0.25) is 4.79 Å². The molecule has 3 fully saturated rings. The van der Waals surface area contributed by atoms with Crippen LogP contribution in [0.15, 0.2) is 24.3 Å². The Hall–Kier alpha value is -1.05. The predicted molar refractivity (Wildman–Crippen MR) is 75.5 cm³/mol. The van der Waals surface area contributed by atoms with E-state index in [4.69, 9.17) is 4.74 Å². The van der Waals surface area contributed by atoms with Crippen molar-refractivity contribution < 1.29 is 9.53 Å². The first-order valence-corrected chi connectivity index (χ1v) is 7.39. The highest BCUT2D eigenvalue weighted by Gasteiger charge is 2.63. The summed E-state index contributed by atoms with van der Waals surface area (Å²) in [6, 6.07) is 0. The number of allylic oxidation sites excluding steroid dienone is 1. The standard InChI is InChI=1S/C17H24O2/c1-10-6-7-13-12(3)15(18)19-14(13)17(5)11(2)8-9-16(10,17)4/h12-14H,1-2,6-9H2,3-5H3/t12-,13+,14?,16+,17-/m1/s1. The van der Waals surface area contributed by atoms with Gasteiger partial charge < -0.3 is 4.74 Å². The first-order chi connectivity index (χ1) is 8.82. The Morgan fingerprint density at radius 2 is 1.89 bits per heavy atom. The van der Waals surface area contributed by atoms with E-state index in [1.54, 1.807) is 0 Å². The lowest BCUT2D eigenvalue weighted by Gasteiger charge is -2.45. The number of rotatable bonds is 0. The fourth-order valence-corrected chi connectivity index (χ4v) is 4.69. The zero-order valence-corrected chi connectivity index (χ0v) is 12.3. The summed E-state index contributed by atoms with van der Waals surface area (Å²) in [7, 11) is 0. The molecule has 0 aromatic rings. The number of hydrogen-bond donors (Lipinski definition) is 0. The topological polar surface area (TPSA) is 26.3 Å². The maximum atomic E-state index is 12.0. The van der Waals surface area contributed by atoms with Crippen LogP contribution in [0.3, 0.4) is 0 Å². The van der Waals surface area contributed by atoms with Crippen molar-refractivity contribution in [2.45, 2.75) is 52.6 Å². The average molecular weight is 260 g/mol. The zero-order valence-electron chi connectivity index (χ0n) is 12.3. The fourth-order valence-electron chi connectivity index (χ4n) is 4.69. The highest BCUT2D eigenvalue weighted by molar-refractivity contribution is 5.75. The molecule has 0 radical (unpaired) electrons. The van der Waals surface area contributed by atoms with Crippen LogP contribution < -0.4 is 0 Å². The van der Waals surface area contributed by atoms with E-state index < -0.39 is 0 Å². The first-order valence-electron chi connectivity index (χ1n) is 7.39. The second-order valence-electron chi connectivity index (χ2n) is 7.09. The maximum absolute atomic E-state index is 12.0. The zero-order chi connectivity index (χ0) is 14.0. The lowest BCUT2D eigenvalue weighted by atomic mass is 9.59. The largest absolute Gasteiger partial charge is 0.461 e. The van der Waals surface area contributed by atoms with Gasteiger partial charge in [0.15, 0.2) is 0 Å². The van der Waals surface area contributed by atoms with Crippen LogP contribution in [-0.4, -0.2) is 12.1 Å². The molecule has 1 aliphatic heterocycles. The molecule has 0 amide bonds. The van der Waals surface area contributed by atoms with E-state index in [2.05, 4.69) is 27.0 Å². The summed E-state index contributed by atoms with van der Waals surface area (Å²) < 4.78 is 5.82. The third-order valence-electron chi connectivity index (χ3n) is 6.58. The second kappa shape index (κ2) is 3.74. The third kappa shape index (κ3) is 1.35. The molecule has 0 spiro atoms. The average Bonchev–Trinajstić information content (AvgIpc) is 2.76. The summed E-state index contributed by atoms with van der Waals surface area (Å²) in [5, 5.41) is 0. The van der Waals surface area contributed by atoms with Crippen LogP contribution in [0.25, 0.3) is 0 Å². The molecule has 19 heavy (non-hydrogen) atoms. The molecular weight excluding hydrogens is 236 g/mol. The molecule has 1 saturated heterocycles. The van der Waals surface area contributed by atoms with Crippen molar-refractivity contribution in [1.29, 1.82) is 0 Å². The van der Waals surface area contributed by atoms with Gasteiger partial charge in [0.25, 0.3) is 0 Å². The smallest absolute Gasteiger partial charge is 0.309 e. The number of ether oxygens (including phenoxy) is 1. The van der Waals surface area contributed by atoms with E-state index in [0.717, 1.165) is 25.7 Å². The number of hydrogen-bond acceptors (Lipinski definition) is 2. The molecule has 5 atom stereocenters. The van der Waals surface area contributed by atoms with Crippen LogP contribution in [0.2, 0.25) is 0 Å². The fraction of sp³-hybridized carbons (Fsp3) is 0.706. The van der Waals surface area contributed by atoms with E-state index in [9.17, 15) is 4.79 Å². The van der Waals surface area contributed by atoms with Gasteiger partial charge in [0, 0.05) is 16.7 Å². The van der Waals surface area contributed by atoms with E-state index >= 15 is 0 Å². The molecule has 2 saturated carbocycles. The van der Waals surface area contributed by atoms with Crippen molar-refractivity contribution in [3.8, 4) is 0 Å². The van der Waals surface area contributed by atoms with Gasteiger partial charge in [0.1, 0.15) is 6.10 Å². The molecule has 1 unspecified atom stereocenters. The third-order valence-corrected chi connectivity index (χ3v) is 6.58. The minimum Gasteiger partial charge on any atom is -0.461 e. The first kappa shape index (κ1) is 13.0. The molecule has 0 bridgehead atoms. The number of esters is 1. The quantitative estimate of drug-likeness (QED) is 0.488. The molecule has 0 aromatic heterocycles. The summed E-state index contributed by atoms with van der Waals surface area (Å²) >= 11 is 0. The SMILES string of the molecule is C=C1CC[C@@H]2C(OC(=O)[C@@H]2C)[C@@]2(C)C(=C)CC[C@@]12C. The van der Waals surface area contributed by atoms with Crippen molar-refractivity contribution in [2.75, 3.05) is 0 Å². The lowest BCUT2D eigenvalue weighted by molar-refractivity contribution is -0.149. The Morgan fingerprint density at radius 3 is 2.58 bits per heavy atom. The molecule has 2 aliphatic carbocycles. The molecule has 0 N–H and O–H groups in total. The summed E-state index contributed by atoms with van der Waals surface area (Å²) in [5.41, 5.74) is 2.47. The van der Waals surface area contributed by atoms with Crippen LogP contribution in [0.5, 0.6) is 0 Å². The van der Waals surface area contributed by atoms with Crippen LogP contribution in [0, 0.1) is 22.7 Å². The Kier molecular flexibility index (Phi) is 2.55. The molecule has 2 heteroatoms. The summed E-state index contributed by atoms with van der Waals surface area (Å²) in [5.74, 6) is 0.321. The Bertz CT molecular complexity index is 478. The molecule has 104 valence electrons. The van der Waals surface area contributed by atoms with Gasteiger partial charge in [-0.15, -0.1) is 0 Å².